The average molecular weight is 434 g/mol. The number of aliphatic carboxylic acids is 1. The molecule has 0 aliphatic carbocycles. The molecule has 10 heteroatoms. The first-order chi connectivity index (χ1) is 13.9. The second-order valence-electron chi connectivity index (χ2n) is 8.02. The quantitative estimate of drug-likeness (QED) is 0.738. The molecule has 2 heterocycles. The van der Waals surface area contributed by atoms with Gasteiger partial charge in [-0.1, -0.05) is 12.1 Å². The second-order valence-corrected chi connectivity index (χ2v) is 8.02. The molecular weight excluding hydrogens is 408 g/mol. The Morgan fingerprint density at radius 1 is 1.23 bits per heavy atom. The number of hydrogen-bond acceptors (Lipinski definition) is 4. The van der Waals surface area contributed by atoms with Gasteiger partial charge in [-0.3, -0.25) is 4.79 Å². The van der Waals surface area contributed by atoms with Crippen LogP contribution in [0, 0.1) is 11.7 Å². The van der Waals surface area contributed by atoms with Gasteiger partial charge in [0.1, 0.15) is 11.4 Å². The van der Waals surface area contributed by atoms with E-state index in [-0.39, 0.29) is 17.3 Å². The summed E-state index contributed by atoms with van der Waals surface area (Å²) >= 11 is 0. The van der Waals surface area contributed by atoms with E-state index in [1.165, 1.54) is 12.1 Å². The minimum atomic E-state index is -5.08. The summed E-state index contributed by atoms with van der Waals surface area (Å²) in [5.41, 5.74) is 0.745. The van der Waals surface area contributed by atoms with Crippen LogP contribution in [0.2, 0.25) is 0 Å². The Hall–Kier alpha value is -2.20. The van der Waals surface area contributed by atoms with Crippen molar-refractivity contribution >= 4 is 11.9 Å². The van der Waals surface area contributed by atoms with Gasteiger partial charge in [-0.05, 0) is 50.6 Å². The number of carboxylic acids is 1. The standard InChI is InChI=1S/C18H25FN2O2.C2HF3O2/c1-20(2)10-15-7-8-18(23-11-15)12-21(13-18)17(22)9-14-3-5-16(19)6-4-14;3-2(4,5)1(6)7/h3-6,15H,7-13H2,1-2H3;(H,6,7). The third-order valence-electron chi connectivity index (χ3n) is 5.08. The number of ether oxygens (including phenoxy) is 1. The van der Waals surface area contributed by atoms with E-state index >= 15 is 0 Å². The van der Waals surface area contributed by atoms with Gasteiger partial charge in [0.05, 0.1) is 26.1 Å². The van der Waals surface area contributed by atoms with Crippen LogP contribution in [-0.2, 0) is 20.7 Å². The predicted octanol–water partition coefficient (Wildman–Crippen LogP) is 2.57. The zero-order chi connectivity index (χ0) is 22.5. The lowest BCUT2D eigenvalue weighted by Gasteiger charge is -2.53. The van der Waals surface area contributed by atoms with Gasteiger partial charge < -0.3 is 19.6 Å². The van der Waals surface area contributed by atoms with E-state index in [1.54, 1.807) is 12.1 Å². The largest absolute Gasteiger partial charge is 0.490 e. The number of likely N-dealkylation sites (tertiary alicyclic amines) is 1. The fraction of sp³-hybridized carbons (Fsp3) is 0.600. The summed E-state index contributed by atoms with van der Waals surface area (Å²) in [5, 5.41) is 7.12. The van der Waals surface area contributed by atoms with E-state index in [9.17, 15) is 22.4 Å². The smallest absolute Gasteiger partial charge is 0.475 e. The fourth-order valence-electron chi connectivity index (χ4n) is 3.54. The molecule has 30 heavy (non-hydrogen) atoms. The van der Waals surface area contributed by atoms with Crippen molar-refractivity contribution in [2.75, 3.05) is 40.3 Å². The molecule has 1 spiro atoms. The topological polar surface area (TPSA) is 70.1 Å². The lowest BCUT2D eigenvalue weighted by molar-refractivity contribution is -0.192. The van der Waals surface area contributed by atoms with Crippen molar-refractivity contribution in [2.24, 2.45) is 5.92 Å². The van der Waals surface area contributed by atoms with Crippen molar-refractivity contribution in [3.8, 4) is 0 Å². The SMILES string of the molecule is CN(C)CC1CCC2(CN(C(=O)Cc3ccc(F)cc3)C2)OC1.O=C(O)C(F)(F)F. The molecule has 0 saturated carbocycles. The number of alkyl halides is 3. The Morgan fingerprint density at radius 3 is 2.23 bits per heavy atom. The van der Waals surface area contributed by atoms with E-state index in [1.807, 2.05) is 4.90 Å². The molecule has 0 radical (unpaired) electrons. The number of benzene rings is 1. The molecule has 6 nitrogen and oxygen atoms in total. The van der Waals surface area contributed by atoms with Gasteiger partial charge in [-0.25, -0.2) is 9.18 Å². The molecule has 0 bridgehead atoms. The number of carboxylic acid groups (broad SMARTS) is 1. The zero-order valence-corrected chi connectivity index (χ0v) is 16.9. The average Bonchev–Trinajstić information content (AvgIpc) is 2.62. The van der Waals surface area contributed by atoms with E-state index in [2.05, 4.69) is 19.0 Å². The van der Waals surface area contributed by atoms with Crippen LogP contribution in [0.3, 0.4) is 0 Å². The molecular formula is C20H26F4N2O4. The highest BCUT2D eigenvalue weighted by molar-refractivity contribution is 5.80. The molecule has 2 aliphatic heterocycles. The first-order valence-corrected chi connectivity index (χ1v) is 9.51. The van der Waals surface area contributed by atoms with Gasteiger partial charge in [0.25, 0.3) is 0 Å². The number of amides is 1. The minimum absolute atomic E-state index is 0.0984. The molecule has 1 aromatic rings. The molecule has 2 aliphatic rings. The third kappa shape index (κ3) is 6.94. The number of nitrogens with zero attached hydrogens (tertiary/aromatic N) is 2. The van der Waals surface area contributed by atoms with Crippen molar-refractivity contribution in [1.82, 2.24) is 9.80 Å². The van der Waals surface area contributed by atoms with Crippen molar-refractivity contribution < 1.29 is 37.0 Å². The summed E-state index contributed by atoms with van der Waals surface area (Å²) in [7, 11) is 4.17. The summed E-state index contributed by atoms with van der Waals surface area (Å²) in [6, 6.07) is 6.14. The number of rotatable bonds is 4. The van der Waals surface area contributed by atoms with Gasteiger partial charge in [-0.15, -0.1) is 0 Å². The number of carbonyl (C=O) groups excluding carboxylic acids is 1. The first kappa shape index (κ1) is 24.1. The van der Waals surface area contributed by atoms with Crippen LogP contribution >= 0.6 is 0 Å². The number of carbonyl (C=O) groups is 2. The molecule has 1 aromatic carbocycles. The zero-order valence-electron chi connectivity index (χ0n) is 16.9. The van der Waals surface area contributed by atoms with E-state index in [4.69, 9.17) is 14.6 Å². The van der Waals surface area contributed by atoms with Gasteiger partial charge in [0.2, 0.25) is 5.91 Å². The lowest BCUT2D eigenvalue weighted by atomic mass is 9.82. The van der Waals surface area contributed by atoms with Crippen LogP contribution in [0.25, 0.3) is 0 Å². The van der Waals surface area contributed by atoms with Gasteiger partial charge >= 0.3 is 12.1 Å². The summed E-state index contributed by atoms with van der Waals surface area (Å²) in [5.74, 6) is -2.33. The van der Waals surface area contributed by atoms with Crippen LogP contribution in [0.5, 0.6) is 0 Å². The van der Waals surface area contributed by atoms with E-state index < -0.39 is 12.1 Å². The van der Waals surface area contributed by atoms with Crippen LogP contribution in [0.4, 0.5) is 17.6 Å². The summed E-state index contributed by atoms with van der Waals surface area (Å²) in [6.45, 7) is 3.24. The van der Waals surface area contributed by atoms with Crippen LogP contribution in [-0.4, -0.2) is 78.9 Å². The van der Waals surface area contributed by atoms with Crippen LogP contribution in [0.1, 0.15) is 18.4 Å². The van der Waals surface area contributed by atoms with Crippen LogP contribution in [0.15, 0.2) is 24.3 Å². The molecule has 168 valence electrons. The Bertz CT molecular complexity index is 721. The number of halogens is 4. The molecule has 2 fully saturated rings. The van der Waals surface area contributed by atoms with Crippen molar-refractivity contribution in [1.29, 1.82) is 0 Å². The number of hydrogen-bond donors (Lipinski definition) is 1. The van der Waals surface area contributed by atoms with Crippen molar-refractivity contribution in [3.63, 3.8) is 0 Å². The maximum Gasteiger partial charge on any atom is 0.490 e. The Balaban J connectivity index is 0.000000396. The summed E-state index contributed by atoms with van der Waals surface area (Å²) in [4.78, 5) is 25.2. The highest BCUT2D eigenvalue weighted by atomic mass is 19.4. The maximum atomic E-state index is 12.9. The highest BCUT2D eigenvalue weighted by Crippen LogP contribution is 2.36. The Labute approximate surface area is 172 Å². The second kappa shape index (κ2) is 9.74. The summed E-state index contributed by atoms with van der Waals surface area (Å²) < 4.78 is 50.7. The Kier molecular flexibility index (Phi) is 7.81. The molecule has 1 amide bonds. The van der Waals surface area contributed by atoms with Gasteiger partial charge in [0, 0.05) is 6.54 Å². The monoisotopic (exact) mass is 434 g/mol. The Morgan fingerprint density at radius 2 is 1.80 bits per heavy atom. The highest BCUT2D eigenvalue weighted by Gasteiger charge is 2.48. The minimum Gasteiger partial charge on any atom is -0.475 e. The maximum absolute atomic E-state index is 12.9. The molecule has 2 saturated heterocycles. The predicted molar refractivity (Wildman–Crippen MR) is 100 cm³/mol. The third-order valence-corrected chi connectivity index (χ3v) is 5.08. The molecule has 1 unspecified atom stereocenters. The molecule has 3 rings (SSSR count). The normalized spacial score (nSPS) is 20.4. The molecule has 0 aromatic heterocycles. The van der Waals surface area contributed by atoms with Gasteiger partial charge in [-0.2, -0.15) is 13.2 Å². The lowest BCUT2D eigenvalue weighted by Crippen LogP contribution is -2.66. The first-order valence-electron chi connectivity index (χ1n) is 9.51. The van der Waals surface area contributed by atoms with Crippen molar-refractivity contribution in [3.05, 3.63) is 35.6 Å². The van der Waals surface area contributed by atoms with Crippen LogP contribution < -0.4 is 0 Å². The van der Waals surface area contributed by atoms with E-state index in [0.29, 0.717) is 25.4 Å². The molecule has 1 N–H and O–H groups in total. The van der Waals surface area contributed by atoms with Crippen molar-refractivity contribution in [2.45, 2.75) is 31.0 Å². The van der Waals surface area contributed by atoms with Gasteiger partial charge in [0.15, 0.2) is 0 Å². The molecule has 1 atom stereocenters. The fourth-order valence-corrected chi connectivity index (χ4v) is 3.54. The van der Waals surface area contributed by atoms with E-state index in [0.717, 1.165) is 31.6 Å². The summed E-state index contributed by atoms with van der Waals surface area (Å²) in [6.07, 6.45) is -2.55.